The van der Waals surface area contributed by atoms with Gasteiger partial charge < -0.3 is 10.1 Å². The highest BCUT2D eigenvalue weighted by Gasteiger charge is 2.31. The molecule has 0 spiro atoms. The number of anilines is 1. The Bertz CT molecular complexity index is 1230. The van der Waals surface area contributed by atoms with E-state index in [0.29, 0.717) is 29.3 Å². The zero-order chi connectivity index (χ0) is 23.0. The molecule has 3 heterocycles. The molecule has 4 rings (SSSR count). The van der Waals surface area contributed by atoms with Gasteiger partial charge in [-0.15, -0.1) is 13.2 Å². The minimum Gasteiger partial charge on any atom is -0.406 e. The number of aliphatic imine (C=N–C) groups is 1. The van der Waals surface area contributed by atoms with Crippen LogP contribution in [0.25, 0.3) is 17.1 Å². The van der Waals surface area contributed by atoms with E-state index in [1.54, 1.807) is 28.7 Å². The first kappa shape index (κ1) is 21.3. The second kappa shape index (κ2) is 7.98. The van der Waals surface area contributed by atoms with Crippen LogP contribution in [0.5, 0.6) is 5.75 Å². The topological polar surface area (TPSA) is 93.1 Å². The third-order valence-electron chi connectivity index (χ3n) is 4.78. The first-order valence-electron chi connectivity index (χ1n) is 9.66. The minimum absolute atomic E-state index is 0.0754. The van der Waals surface area contributed by atoms with Crippen molar-refractivity contribution in [2.75, 3.05) is 5.32 Å². The fourth-order valence-electron chi connectivity index (χ4n) is 3.57. The first-order chi connectivity index (χ1) is 15.1. The standard InChI is InChI=1S/C21H20F3N7O/c1-12-10-13(2)31(28-12)18-11-17(25)27-20-16(8-9-26-18)19(30(3)29-20)14-4-6-15(7-5-14)32-21(22,23)24/h4-7,9-11H,8H2,1-3H3,(H2,25,27,29)/b18-11+,26-9-. The van der Waals surface area contributed by atoms with E-state index in [-0.39, 0.29) is 11.6 Å². The van der Waals surface area contributed by atoms with Crippen LogP contribution in [0.4, 0.5) is 19.0 Å². The van der Waals surface area contributed by atoms with Crippen molar-refractivity contribution in [1.82, 2.24) is 19.6 Å². The molecule has 0 radical (unpaired) electrons. The number of fused-ring (bicyclic) bond motifs is 1. The molecule has 1 aromatic carbocycles. The number of amidine groups is 1. The van der Waals surface area contributed by atoms with Crippen molar-refractivity contribution >= 4 is 23.7 Å². The van der Waals surface area contributed by atoms with Crippen LogP contribution < -0.4 is 10.1 Å². The van der Waals surface area contributed by atoms with Crippen LogP contribution in [-0.4, -0.2) is 38.0 Å². The maximum atomic E-state index is 12.5. The van der Waals surface area contributed by atoms with Crippen molar-refractivity contribution in [2.24, 2.45) is 12.0 Å². The quantitative estimate of drug-likeness (QED) is 0.631. The molecule has 0 aliphatic carbocycles. The van der Waals surface area contributed by atoms with Gasteiger partial charge in [-0.25, -0.2) is 9.67 Å². The summed E-state index contributed by atoms with van der Waals surface area (Å²) in [6.07, 6.45) is -1.11. The fraction of sp³-hybridized carbons (Fsp3) is 0.238. The lowest BCUT2D eigenvalue weighted by Gasteiger charge is -2.10. The summed E-state index contributed by atoms with van der Waals surface area (Å²) in [7, 11) is 1.73. The Morgan fingerprint density at radius 1 is 1.12 bits per heavy atom. The van der Waals surface area contributed by atoms with Crippen molar-refractivity contribution < 1.29 is 17.9 Å². The van der Waals surface area contributed by atoms with E-state index in [1.807, 2.05) is 19.9 Å². The zero-order valence-corrected chi connectivity index (χ0v) is 17.5. The molecule has 0 amide bonds. The van der Waals surface area contributed by atoms with Gasteiger partial charge in [-0.2, -0.15) is 10.2 Å². The van der Waals surface area contributed by atoms with E-state index in [2.05, 4.69) is 25.2 Å². The largest absolute Gasteiger partial charge is 0.573 e. The summed E-state index contributed by atoms with van der Waals surface area (Å²) in [5, 5.41) is 20.2. The van der Waals surface area contributed by atoms with Gasteiger partial charge in [0, 0.05) is 42.6 Å². The smallest absolute Gasteiger partial charge is 0.406 e. The summed E-state index contributed by atoms with van der Waals surface area (Å²) >= 11 is 0. The number of benzene rings is 1. The van der Waals surface area contributed by atoms with Crippen LogP contribution in [0.15, 0.2) is 41.4 Å². The van der Waals surface area contributed by atoms with Crippen LogP contribution in [-0.2, 0) is 13.5 Å². The number of aromatic nitrogens is 4. The van der Waals surface area contributed by atoms with Gasteiger partial charge in [0.1, 0.15) is 11.6 Å². The van der Waals surface area contributed by atoms with Crippen molar-refractivity contribution in [2.45, 2.75) is 26.6 Å². The van der Waals surface area contributed by atoms with E-state index in [9.17, 15) is 13.2 Å². The van der Waals surface area contributed by atoms with Gasteiger partial charge in [0.05, 0.1) is 11.4 Å². The number of alkyl halides is 3. The molecule has 3 aromatic rings. The highest BCUT2D eigenvalue weighted by atomic mass is 19.4. The molecule has 0 saturated heterocycles. The summed E-state index contributed by atoms with van der Waals surface area (Å²) in [6.45, 7) is 3.78. The summed E-state index contributed by atoms with van der Waals surface area (Å²) in [6, 6.07) is 7.49. The molecular weight excluding hydrogens is 423 g/mol. The third-order valence-corrected chi connectivity index (χ3v) is 4.78. The molecule has 166 valence electrons. The number of ether oxygens (including phenoxy) is 1. The Balaban J connectivity index is 1.68. The Kier molecular flexibility index (Phi) is 5.33. The predicted octanol–water partition coefficient (Wildman–Crippen LogP) is 4.31. The molecule has 1 aliphatic heterocycles. The molecule has 0 fully saturated rings. The van der Waals surface area contributed by atoms with Crippen LogP contribution in [0.3, 0.4) is 0 Å². The number of nitrogens with one attached hydrogen (secondary N) is 2. The van der Waals surface area contributed by atoms with Crippen LogP contribution in [0, 0.1) is 19.3 Å². The van der Waals surface area contributed by atoms with Gasteiger partial charge in [-0.05, 0) is 44.2 Å². The van der Waals surface area contributed by atoms with Gasteiger partial charge in [0.15, 0.2) is 11.6 Å². The van der Waals surface area contributed by atoms with E-state index >= 15 is 0 Å². The average Bonchev–Trinajstić information content (AvgIpc) is 3.19. The number of aryl methyl sites for hydroxylation is 3. The van der Waals surface area contributed by atoms with Gasteiger partial charge in [0.2, 0.25) is 0 Å². The Hall–Kier alpha value is -3.89. The number of hydrogen-bond acceptors (Lipinski definition) is 5. The zero-order valence-electron chi connectivity index (χ0n) is 17.5. The number of rotatable bonds is 3. The molecule has 8 nitrogen and oxygen atoms in total. The Labute approximate surface area is 181 Å². The van der Waals surface area contributed by atoms with Gasteiger partial charge in [-0.1, -0.05) is 0 Å². The summed E-state index contributed by atoms with van der Waals surface area (Å²) in [4.78, 5) is 4.51. The number of halogens is 3. The maximum Gasteiger partial charge on any atom is 0.573 e. The summed E-state index contributed by atoms with van der Waals surface area (Å²) in [5.41, 5.74) is 3.83. The van der Waals surface area contributed by atoms with Crippen LogP contribution >= 0.6 is 0 Å². The lowest BCUT2D eigenvalue weighted by molar-refractivity contribution is -0.274. The van der Waals surface area contributed by atoms with Crippen molar-refractivity contribution in [3.05, 3.63) is 53.4 Å². The predicted molar refractivity (Wildman–Crippen MR) is 115 cm³/mol. The molecule has 32 heavy (non-hydrogen) atoms. The van der Waals surface area contributed by atoms with Gasteiger partial charge >= 0.3 is 6.36 Å². The van der Waals surface area contributed by atoms with Crippen LogP contribution in [0.2, 0.25) is 0 Å². The van der Waals surface area contributed by atoms with Crippen molar-refractivity contribution in [1.29, 1.82) is 5.41 Å². The summed E-state index contributed by atoms with van der Waals surface area (Å²) in [5.74, 6) is 0.730. The van der Waals surface area contributed by atoms with Gasteiger partial charge in [-0.3, -0.25) is 10.1 Å². The SMILES string of the molecule is Cc1cc(C)n(C2=C/C(=N)Nc3nn(C)c(-c4ccc(OC(F)(F)F)cc4)c3C/C=N\2)n1. The molecule has 0 bridgehead atoms. The van der Waals surface area contributed by atoms with E-state index in [1.165, 1.54) is 24.3 Å². The molecule has 0 unspecified atom stereocenters. The van der Waals surface area contributed by atoms with E-state index in [4.69, 9.17) is 5.41 Å². The highest BCUT2D eigenvalue weighted by Crippen LogP contribution is 2.32. The number of hydrogen-bond donors (Lipinski definition) is 2. The van der Waals surface area contributed by atoms with E-state index < -0.39 is 6.36 Å². The fourth-order valence-corrected chi connectivity index (χ4v) is 3.57. The Morgan fingerprint density at radius 2 is 1.84 bits per heavy atom. The molecule has 0 saturated carbocycles. The molecule has 0 atom stereocenters. The molecular formula is C21H20F3N7O. The van der Waals surface area contributed by atoms with Crippen molar-refractivity contribution in [3.63, 3.8) is 0 Å². The lowest BCUT2D eigenvalue weighted by atomic mass is 10.0. The second-order valence-electron chi connectivity index (χ2n) is 7.27. The lowest BCUT2D eigenvalue weighted by Crippen LogP contribution is -2.16. The number of nitrogens with zero attached hydrogens (tertiary/aromatic N) is 5. The van der Waals surface area contributed by atoms with Crippen LogP contribution in [0.1, 0.15) is 17.0 Å². The monoisotopic (exact) mass is 443 g/mol. The average molecular weight is 443 g/mol. The van der Waals surface area contributed by atoms with Crippen molar-refractivity contribution in [3.8, 4) is 17.0 Å². The van der Waals surface area contributed by atoms with E-state index in [0.717, 1.165) is 17.0 Å². The Morgan fingerprint density at radius 3 is 2.47 bits per heavy atom. The normalized spacial score (nSPS) is 16.8. The molecule has 2 aromatic heterocycles. The summed E-state index contributed by atoms with van der Waals surface area (Å²) < 4.78 is 44.6. The highest BCUT2D eigenvalue weighted by molar-refractivity contribution is 6.05. The third kappa shape index (κ3) is 4.41. The maximum absolute atomic E-state index is 12.5. The first-order valence-corrected chi connectivity index (χ1v) is 9.66. The van der Waals surface area contributed by atoms with Gasteiger partial charge in [0.25, 0.3) is 0 Å². The molecule has 1 aliphatic rings. The second-order valence-corrected chi connectivity index (χ2v) is 7.27. The molecule has 2 N–H and O–H groups in total. The molecule has 11 heteroatoms. The minimum atomic E-state index is -4.75.